The third kappa shape index (κ3) is 5.41. The van der Waals surface area contributed by atoms with E-state index in [9.17, 15) is 13.6 Å². The third-order valence-electron chi connectivity index (χ3n) is 1.87. The SMILES string of the molecule is O=C(O)c1coc(CNCCOCC(F)F)c1. The van der Waals surface area contributed by atoms with Gasteiger partial charge in [-0.15, -0.1) is 0 Å². The van der Waals surface area contributed by atoms with Crippen molar-refractivity contribution in [1.29, 1.82) is 0 Å². The topological polar surface area (TPSA) is 71.7 Å². The van der Waals surface area contributed by atoms with E-state index >= 15 is 0 Å². The fourth-order valence-corrected chi connectivity index (χ4v) is 1.11. The highest BCUT2D eigenvalue weighted by Crippen LogP contribution is 2.07. The number of aromatic carboxylic acids is 1. The molecule has 0 aliphatic heterocycles. The first-order valence-electron chi connectivity index (χ1n) is 4.97. The van der Waals surface area contributed by atoms with Gasteiger partial charge in [-0.3, -0.25) is 0 Å². The molecule has 0 bridgehead atoms. The number of rotatable bonds is 8. The van der Waals surface area contributed by atoms with Gasteiger partial charge >= 0.3 is 5.97 Å². The van der Waals surface area contributed by atoms with E-state index in [0.717, 1.165) is 6.26 Å². The molecule has 0 fully saturated rings. The van der Waals surface area contributed by atoms with Gasteiger partial charge in [-0.25, -0.2) is 13.6 Å². The fraction of sp³-hybridized carbons (Fsp3) is 0.500. The summed E-state index contributed by atoms with van der Waals surface area (Å²) in [5.41, 5.74) is 0.0794. The molecule has 7 heteroatoms. The van der Waals surface area contributed by atoms with Crippen LogP contribution in [0.1, 0.15) is 16.1 Å². The Bertz CT molecular complexity index is 354. The predicted molar refractivity (Wildman–Crippen MR) is 54.2 cm³/mol. The second-order valence-electron chi connectivity index (χ2n) is 3.25. The summed E-state index contributed by atoms with van der Waals surface area (Å²) in [6.45, 7) is 0.295. The molecule has 1 heterocycles. The summed E-state index contributed by atoms with van der Waals surface area (Å²) in [4.78, 5) is 10.5. The molecule has 5 nitrogen and oxygen atoms in total. The van der Waals surface area contributed by atoms with Gasteiger partial charge in [0.15, 0.2) is 0 Å². The molecule has 0 amide bonds. The Kier molecular flexibility index (Phi) is 5.58. The first-order chi connectivity index (χ1) is 8.09. The lowest BCUT2D eigenvalue weighted by molar-refractivity contribution is 0.0186. The van der Waals surface area contributed by atoms with Crippen LogP contribution in [0.25, 0.3) is 0 Å². The lowest BCUT2D eigenvalue weighted by Gasteiger charge is -2.04. The van der Waals surface area contributed by atoms with Gasteiger partial charge in [0, 0.05) is 6.54 Å². The average molecular weight is 249 g/mol. The summed E-state index contributed by atoms with van der Waals surface area (Å²) in [5.74, 6) is -0.587. The number of carboxylic acids is 1. The molecule has 1 rings (SSSR count). The van der Waals surface area contributed by atoms with Crippen LogP contribution < -0.4 is 5.32 Å². The molecule has 0 saturated carbocycles. The number of hydrogen-bond acceptors (Lipinski definition) is 4. The summed E-state index contributed by atoms with van der Waals surface area (Å²) < 4.78 is 32.9. The van der Waals surface area contributed by atoms with Crippen LogP contribution in [-0.2, 0) is 11.3 Å². The van der Waals surface area contributed by atoms with Crippen molar-refractivity contribution in [2.75, 3.05) is 19.8 Å². The number of carboxylic acid groups (broad SMARTS) is 1. The highest BCUT2D eigenvalue weighted by molar-refractivity contribution is 5.87. The van der Waals surface area contributed by atoms with Crippen molar-refractivity contribution in [2.24, 2.45) is 0 Å². The van der Waals surface area contributed by atoms with Crippen LogP contribution in [0, 0.1) is 0 Å². The van der Waals surface area contributed by atoms with E-state index in [1.54, 1.807) is 0 Å². The van der Waals surface area contributed by atoms with Gasteiger partial charge in [0.2, 0.25) is 0 Å². The number of halogens is 2. The van der Waals surface area contributed by atoms with Gasteiger partial charge in [0.05, 0.1) is 18.7 Å². The molecule has 2 N–H and O–H groups in total. The number of carbonyl (C=O) groups is 1. The first kappa shape index (κ1) is 13.6. The maximum absolute atomic E-state index is 11.7. The Hall–Kier alpha value is -1.47. The normalized spacial score (nSPS) is 11.0. The predicted octanol–water partition coefficient (Wildman–Crippen LogP) is 1.35. The van der Waals surface area contributed by atoms with Crippen molar-refractivity contribution in [3.05, 3.63) is 23.7 Å². The quantitative estimate of drug-likeness (QED) is 0.680. The molecule has 96 valence electrons. The molecule has 0 spiro atoms. The van der Waals surface area contributed by atoms with E-state index in [2.05, 4.69) is 10.1 Å². The number of ether oxygens (including phenoxy) is 1. The van der Waals surface area contributed by atoms with E-state index in [1.807, 2.05) is 0 Å². The average Bonchev–Trinajstić information content (AvgIpc) is 2.71. The lowest BCUT2D eigenvalue weighted by Crippen LogP contribution is -2.20. The molecule has 0 aliphatic carbocycles. The van der Waals surface area contributed by atoms with E-state index < -0.39 is 19.0 Å². The van der Waals surface area contributed by atoms with E-state index in [-0.39, 0.29) is 12.2 Å². The zero-order valence-corrected chi connectivity index (χ0v) is 8.99. The fourth-order valence-electron chi connectivity index (χ4n) is 1.11. The van der Waals surface area contributed by atoms with Crippen LogP contribution in [-0.4, -0.2) is 37.3 Å². The van der Waals surface area contributed by atoms with Crippen LogP contribution in [0.5, 0.6) is 0 Å². The van der Waals surface area contributed by atoms with Crippen LogP contribution in [0.3, 0.4) is 0 Å². The highest BCUT2D eigenvalue weighted by Gasteiger charge is 2.07. The molecular weight excluding hydrogens is 236 g/mol. The Balaban J connectivity index is 2.11. The number of furan rings is 1. The third-order valence-corrected chi connectivity index (χ3v) is 1.87. The minimum absolute atomic E-state index is 0.0794. The zero-order valence-electron chi connectivity index (χ0n) is 8.99. The van der Waals surface area contributed by atoms with Gasteiger partial charge in [-0.2, -0.15) is 0 Å². The highest BCUT2D eigenvalue weighted by atomic mass is 19.3. The van der Waals surface area contributed by atoms with E-state index in [0.29, 0.717) is 18.8 Å². The van der Waals surface area contributed by atoms with Gasteiger partial charge in [0.25, 0.3) is 6.43 Å². The zero-order chi connectivity index (χ0) is 12.7. The van der Waals surface area contributed by atoms with Crippen molar-refractivity contribution in [1.82, 2.24) is 5.32 Å². The number of nitrogens with one attached hydrogen (secondary N) is 1. The Labute approximate surface area is 96.4 Å². The monoisotopic (exact) mass is 249 g/mol. The molecule has 1 aromatic heterocycles. The summed E-state index contributed by atoms with van der Waals surface area (Å²) in [6.07, 6.45) is -1.31. The smallest absolute Gasteiger partial charge is 0.338 e. The van der Waals surface area contributed by atoms with Gasteiger partial charge < -0.3 is 19.6 Å². The Morgan fingerprint density at radius 2 is 2.35 bits per heavy atom. The van der Waals surface area contributed by atoms with Crippen molar-refractivity contribution in [3.63, 3.8) is 0 Å². The molecule has 1 aromatic rings. The maximum atomic E-state index is 11.7. The number of alkyl halides is 2. The summed E-state index contributed by atoms with van der Waals surface area (Å²) in [7, 11) is 0. The molecule has 0 unspecified atom stereocenters. The minimum atomic E-state index is -2.46. The van der Waals surface area contributed by atoms with Crippen LogP contribution >= 0.6 is 0 Å². The number of hydrogen-bond donors (Lipinski definition) is 2. The van der Waals surface area contributed by atoms with Crippen molar-refractivity contribution < 1.29 is 27.8 Å². The Morgan fingerprint density at radius 3 is 2.94 bits per heavy atom. The standard InChI is InChI=1S/C10H13F2NO4/c11-9(12)6-16-2-1-13-4-8-3-7(5-17-8)10(14)15/h3,5,9,13H,1-2,4,6H2,(H,14,15). The maximum Gasteiger partial charge on any atom is 0.338 e. The van der Waals surface area contributed by atoms with Crippen molar-refractivity contribution >= 4 is 5.97 Å². The second kappa shape index (κ2) is 6.97. The van der Waals surface area contributed by atoms with Gasteiger partial charge in [-0.05, 0) is 6.07 Å². The molecule has 17 heavy (non-hydrogen) atoms. The first-order valence-corrected chi connectivity index (χ1v) is 4.97. The molecule has 0 aliphatic rings. The van der Waals surface area contributed by atoms with Crippen molar-refractivity contribution in [3.8, 4) is 0 Å². The van der Waals surface area contributed by atoms with Crippen LogP contribution in [0.15, 0.2) is 16.7 Å². The molecule has 0 radical (unpaired) electrons. The second-order valence-corrected chi connectivity index (χ2v) is 3.25. The molecule has 0 saturated heterocycles. The van der Waals surface area contributed by atoms with Crippen molar-refractivity contribution in [2.45, 2.75) is 13.0 Å². The van der Waals surface area contributed by atoms with Gasteiger partial charge in [-0.1, -0.05) is 0 Å². The summed E-state index contributed by atoms with van der Waals surface area (Å²) in [6, 6.07) is 1.40. The van der Waals surface area contributed by atoms with E-state index in [1.165, 1.54) is 6.07 Å². The van der Waals surface area contributed by atoms with E-state index in [4.69, 9.17) is 9.52 Å². The largest absolute Gasteiger partial charge is 0.478 e. The Morgan fingerprint density at radius 1 is 1.59 bits per heavy atom. The molecule has 0 aromatic carbocycles. The summed E-state index contributed by atoms with van der Waals surface area (Å²) >= 11 is 0. The minimum Gasteiger partial charge on any atom is -0.478 e. The van der Waals surface area contributed by atoms with Crippen LogP contribution in [0.4, 0.5) is 8.78 Å². The van der Waals surface area contributed by atoms with Gasteiger partial charge in [0.1, 0.15) is 18.6 Å². The molecular formula is C10H13F2NO4. The lowest BCUT2D eigenvalue weighted by atomic mass is 10.3. The molecule has 0 atom stereocenters. The van der Waals surface area contributed by atoms with Crippen LogP contribution in [0.2, 0.25) is 0 Å². The summed E-state index contributed by atoms with van der Waals surface area (Å²) in [5, 5.41) is 11.5.